The zero-order chi connectivity index (χ0) is 15.8. The highest BCUT2D eigenvalue weighted by Crippen LogP contribution is 2.19. The van der Waals surface area contributed by atoms with E-state index >= 15 is 0 Å². The van der Waals surface area contributed by atoms with Crippen LogP contribution >= 0.6 is 0 Å². The number of amides is 2. The maximum Gasteiger partial charge on any atom is 0.322 e. The molecule has 3 aromatic heterocycles. The van der Waals surface area contributed by atoms with Gasteiger partial charge in [0.25, 0.3) is 0 Å². The van der Waals surface area contributed by atoms with Crippen molar-refractivity contribution in [2.75, 3.05) is 11.9 Å². The number of hydrogen-bond acceptors (Lipinski definition) is 3. The van der Waals surface area contributed by atoms with E-state index in [9.17, 15) is 4.79 Å². The van der Waals surface area contributed by atoms with Gasteiger partial charge in [-0.2, -0.15) is 5.10 Å². The molecule has 4 heterocycles. The first-order valence-electron chi connectivity index (χ1n) is 7.69. The average molecular weight is 310 g/mol. The van der Waals surface area contributed by atoms with Crippen molar-refractivity contribution in [1.82, 2.24) is 24.1 Å². The number of aryl methyl sites for hydroxylation is 1. The third-order valence-corrected chi connectivity index (χ3v) is 4.29. The molecule has 7 nitrogen and oxygen atoms in total. The number of nitrogens with one attached hydrogen (secondary N) is 1. The maximum absolute atomic E-state index is 12.6. The number of aromatic nitrogens is 4. The lowest BCUT2D eigenvalue weighted by Gasteiger charge is -2.20. The van der Waals surface area contributed by atoms with Crippen LogP contribution < -0.4 is 5.32 Å². The van der Waals surface area contributed by atoms with Crippen molar-refractivity contribution >= 4 is 17.4 Å². The van der Waals surface area contributed by atoms with E-state index in [0.717, 1.165) is 36.3 Å². The minimum absolute atomic E-state index is 0.0855. The molecule has 23 heavy (non-hydrogen) atoms. The molecule has 1 aliphatic heterocycles. The second-order valence-electron chi connectivity index (χ2n) is 5.80. The van der Waals surface area contributed by atoms with Crippen molar-refractivity contribution in [3.8, 4) is 0 Å². The Labute approximate surface area is 133 Å². The number of pyridine rings is 1. The zero-order valence-corrected chi connectivity index (χ0v) is 12.9. The van der Waals surface area contributed by atoms with E-state index in [1.165, 1.54) is 5.69 Å². The molecule has 0 atom stereocenters. The van der Waals surface area contributed by atoms with Crippen molar-refractivity contribution in [2.45, 2.75) is 19.4 Å². The molecule has 0 spiro atoms. The van der Waals surface area contributed by atoms with Gasteiger partial charge in [0, 0.05) is 55.2 Å². The molecule has 3 aromatic rings. The van der Waals surface area contributed by atoms with Gasteiger partial charge in [-0.25, -0.2) is 9.78 Å². The van der Waals surface area contributed by atoms with Gasteiger partial charge in [0.2, 0.25) is 0 Å². The summed E-state index contributed by atoms with van der Waals surface area (Å²) in [5, 5.41) is 7.26. The second kappa shape index (κ2) is 5.42. The summed E-state index contributed by atoms with van der Waals surface area (Å²) in [6.07, 6.45) is 9.26. The Balaban J connectivity index is 1.52. The van der Waals surface area contributed by atoms with Crippen LogP contribution in [-0.2, 0) is 20.0 Å². The molecule has 0 saturated heterocycles. The van der Waals surface area contributed by atoms with E-state index in [-0.39, 0.29) is 6.03 Å². The number of anilines is 1. The Hall–Kier alpha value is -2.83. The minimum atomic E-state index is -0.0855. The number of carbonyl (C=O) groups excluding carboxylic acids is 1. The highest BCUT2D eigenvalue weighted by Gasteiger charge is 2.21. The number of urea groups is 1. The van der Waals surface area contributed by atoms with E-state index in [2.05, 4.69) is 15.4 Å². The van der Waals surface area contributed by atoms with Crippen molar-refractivity contribution in [3.05, 3.63) is 48.2 Å². The van der Waals surface area contributed by atoms with E-state index in [0.29, 0.717) is 6.54 Å². The SMILES string of the molecule is Cn1ncc2c1CCCN(C(=O)Nc1ccn3ccnc3c1)C2. The fraction of sp³-hybridized carbons (Fsp3) is 0.312. The summed E-state index contributed by atoms with van der Waals surface area (Å²) in [5.41, 5.74) is 3.92. The molecule has 1 aliphatic rings. The zero-order valence-electron chi connectivity index (χ0n) is 12.9. The van der Waals surface area contributed by atoms with Gasteiger partial charge in [0.05, 0.1) is 12.7 Å². The van der Waals surface area contributed by atoms with Gasteiger partial charge >= 0.3 is 6.03 Å². The fourth-order valence-electron chi connectivity index (χ4n) is 3.05. The monoisotopic (exact) mass is 310 g/mol. The van der Waals surface area contributed by atoms with Gasteiger partial charge in [-0.3, -0.25) is 4.68 Å². The smallest absolute Gasteiger partial charge is 0.320 e. The Morgan fingerprint density at radius 1 is 1.35 bits per heavy atom. The summed E-state index contributed by atoms with van der Waals surface area (Å²) in [7, 11) is 1.95. The predicted molar refractivity (Wildman–Crippen MR) is 86.1 cm³/mol. The molecule has 0 radical (unpaired) electrons. The lowest BCUT2D eigenvalue weighted by Crippen LogP contribution is -2.34. The molecular weight excluding hydrogens is 292 g/mol. The van der Waals surface area contributed by atoms with Gasteiger partial charge < -0.3 is 14.6 Å². The fourth-order valence-corrected chi connectivity index (χ4v) is 3.05. The minimum Gasteiger partial charge on any atom is -0.320 e. The molecule has 0 bridgehead atoms. The Morgan fingerprint density at radius 3 is 3.17 bits per heavy atom. The molecule has 7 heteroatoms. The summed E-state index contributed by atoms with van der Waals surface area (Å²) in [6.45, 7) is 1.34. The maximum atomic E-state index is 12.6. The highest BCUT2D eigenvalue weighted by atomic mass is 16.2. The van der Waals surface area contributed by atoms with Crippen LogP contribution in [0, 0.1) is 0 Å². The Bertz CT molecular complexity index is 864. The van der Waals surface area contributed by atoms with Crippen molar-refractivity contribution in [1.29, 1.82) is 0 Å². The number of nitrogens with zero attached hydrogens (tertiary/aromatic N) is 5. The molecule has 0 aromatic carbocycles. The second-order valence-corrected chi connectivity index (χ2v) is 5.80. The quantitative estimate of drug-likeness (QED) is 0.748. The molecule has 1 N–H and O–H groups in total. The molecule has 2 amide bonds. The predicted octanol–water partition coefficient (Wildman–Crippen LogP) is 2.05. The van der Waals surface area contributed by atoms with E-state index in [1.807, 2.05) is 51.8 Å². The van der Waals surface area contributed by atoms with Crippen LogP contribution in [0.5, 0.6) is 0 Å². The number of fused-ring (bicyclic) bond motifs is 2. The summed E-state index contributed by atoms with van der Waals surface area (Å²) in [5.74, 6) is 0. The molecule has 118 valence electrons. The Kier molecular flexibility index (Phi) is 3.25. The molecule has 0 saturated carbocycles. The first-order valence-corrected chi connectivity index (χ1v) is 7.69. The van der Waals surface area contributed by atoms with E-state index in [1.54, 1.807) is 6.20 Å². The third-order valence-electron chi connectivity index (χ3n) is 4.29. The highest BCUT2D eigenvalue weighted by molar-refractivity contribution is 5.89. The summed E-state index contributed by atoms with van der Waals surface area (Å²) in [6, 6.07) is 3.66. The molecular formula is C16H18N6O. The number of rotatable bonds is 1. The molecule has 0 unspecified atom stereocenters. The van der Waals surface area contributed by atoms with Gasteiger partial charge in [-0.05, 0) is 18.9 Å². The molecule has 4 rings (SSSR count). The largest absolute Gasteiger partial charge is 0.322 e. The van der Waals surface area contributed by atoms with E-state index in [4.69, 9.17) is 0 Å². The number of imidazole rings is 1. The topological polar surface area (TPSA) is 67.5 Å². The first kappa shape index (κ1) is 13.8. The normalized spacial score (nSPS) is 14.6. The molecule has 0 aliphatic carbocycles. The van der Waals surface area contributed by atoms with Crippen molar-refractivity contribution < 1.29 is 4.79 Å². The van der Waals surface area contributed by atoms with Crippen LogP contribution in [0.3, 0.4) is 0 Å². The number of hydrogen-bond donors (Lipinski definition) is 1. The van der Waals surface area contributed by atoms with Crippen molar-refractivity contribution in [3.63, 3.8) is 0 Å². The van der Waals surface area contributed by atoms with Gasteiger partial charge in [-0.15, -0.1) is 0 Å². The van der Waals surface area contributed by atoms with Crippen LogP contribution in [0.15, 0.2) is 36.9 Å². The van der Waals surface area contributed by atoms with Crippen LogP contribution in [0.1, 0.15) is 17.7 Å². The van der Waals surface area contributed by atoms with Crippen LogP contribution in [-0.4, -0.2) is 36.6 Å². The third kappa shape index (κ3) is 2.54. The van der Waals surface area contributed by atoms with E-state index < -0.39 is 0 Å². The average Bonchev–Trinajstić information content (AvgIpc) is 3.07. The lowest BCUT2D eigenvalue weighted by molar-refractivity contribution is 0.210. The lowest BCUT2D eigenvalue weighted by atomic mass is 10.2. The summed E-state index contributed by atoms with van der Waals surface area (Å²) < 4.78 is 3.81. The standard InChI is InChI=1S/C16H18N6O/c1-20-14-3-2-6-22(11-12(14)10-18-20)16(23)19-13-4-7-21-8-5-17-15(21)9-13/h4-5,7-10H,2-3,6,11H2,1H3,(H,19,23). The van der Waals surface area contributed by atoms with Crippen molar-refractivity contribution in [2.24, 2.45) is 7.05 Å². The van der Waals surface area contributed by atoms with Gasteiger partial charge in [0.1, 0.15) is 5.65 Å². The number of carbonyl (C=O) groups is 1. The van der Waals surface area contributed by atoms with Crippen LogP contribution in [0.4, 0.5) is 10.5 Å². The van der Waals surface area contributed by atoms with Crippen LogP contribution in [0.25, 0.3) is 5.65 Å². The summed E-state index contributed by atoms with van der Waals surface area (Å²) >= 11 is 0. The van der Waals surface area contributed by atoms with Gasteiger partial charge in [-0.1, -0.05) is 0 Å². The van der Waals surface area contributed by atoms with Crippen LogP contribution in [0.2, 0.25) is 0 Å². The van der Waals surface area contributed by atoms with Gasteiger partial charge in [0.15, 0.2) is 0 Å². The first-order chi connectivity index (χ1) is 11.2. The Morgan fingerprint density at radius 2 is 2.26 bits per heavy atom. The molecule has 0 fully saturated rings. The summed E-state index contributed by atoms with van der Waals surface area (Å²) in [4.78, 5) is 18.6.